The number of nitrogens with zero attached hydrogens (tertiary/aromatic N) is 1. The van der Waals surface area contributed by atoms with Crippen molar-refractivity contribution < 1.29 is 9.90 Å². The first-order valence-corrected chi connectivity index (χ1v) is 3.24. The number of hydrogen-bond donors (Lipinski definition) is 1. The first kappa shape index (κ1) is 9.52. The van der Waals surface area contributed by atoms with Gasteiger partial charge >= 0.3 is 5.97 Å². The van der Waals surface area contributed by atoms with Gasteiger partial charge < -0.3 is 5.11 Å². The number of carboxylic acid groups (broad SMARTS) is 1. The van der Waals surface area contributed by atoms with Gasteiger partial charge in [-0.25, -0.2) is 0 Å². The van der Waals surface area contributed by atoms with Gasteiger partial charge in [0.1, 0.15) is 5.92 Å². The van der Waals surface area contributed by atoms with Crippen LogP contribution in [0.25, 0.3) is 0 Å². The first-order valence-electron chi connectivity index (χ1n) is 3.24. The molecule has 0 fully saturated rings. The second-order valence-electron chi connectivity index (χ2n) is 1.98. The Kier molecular flexibility index (Phi) is 4.60. The molecule has 58 valence electrons. The molecule has 0 aromatic carbocycles. The molecule has 1 unspecified atom stereocenters. The minimum atomic E-state index is -0.949. The molecule has 3 heteroatoms. The van der Waals surface area contributed by atoms with E-state index in [1.807, 2.05) is 6.07 Å². The van der Waals surface area contributed by atoms with E-state index in [-0.39, 0.29) is 6.42 Å². The third-order valence-corrected chi connectivity index (χ3v) is 1.16. The molecule has 0 aliphatic rings. The zero-order valence-electron chi connectivity index (χ0n) is 6.29. The summed E-state index contributed by atoms with van der Waals surface area (Å²) in [5.74, 6) is 3.40. The van der Waals surface area contributed by atoms with E-state index < -0.39 is 11.9 Å². The lowest BCUT2D eigenvalue weighted by molar-refractivity contribution is -0.139. The smallest absolute Gasteiger partial charge is 0.318 e. The molecule has 0 saturated carbocycles. The fourth-order valence-corrected chi connectivity index (χ4v) is 0.640. The molecule has 0 spiro atoms. The summed E-state index contributed by atoms with van der Waals surface area (Å²) in [6.45, 7) is 1.59. The highest BCUT2D eigenvalue weighted by molar-refractivity contribution is 5.73. The van der Waals surface area contributed by atoms with Gasteiger partial charge in [-0.3, -0.25) is 4.79 Å². The van der Waals surface area contributed by atoms with E-state index in [0.29, 0.717) is 6.42 Å². The van der Waals surface area contributed by atoms with E-state index in [1.54, 1.807) is 6.92 Å². The Bertz CT molecular complexity index is 229. The van der Waals surface area contributed by atoms with Crippen LogP contribution in [-0.2, 0) is 4.79 Å². The summed E-state index contributed by atoms with van der Waals surface area (Å²) in [7, 11) is 0. The second kappa shape index (κ2) is 5.32. The molecule has 11 heavy (non-hydrogen) atoms. The van der Waals surface area contributed by atoms with E-state index in [4.69, 9.17) is 10.4 Å². The van der Waals surface area contributed by atoms with Gasteiger partial charge in [0.2, 0.25) is 0 Å². The van der Waals surface area contributed by atoms with Crippen molar-refractivity contribution in [3.63, 3.8) is 0 Å². The quantitative estimate of drug-likeness (QED) is 0.612. The number of aliphatic carboxylic acids is 1. The maximum Gasteiger partial charge on any atom is 0.318 e. The zero-order chi connectivity index (χ0) is 8.69. The van der Waals surface area contributed by atoms with E-state index in [0.717, 1.165) is 0 Å². The van der Waals surface area contributed by atoms with Gasteiger partial charge in [0, 0.05) is 6.42 Å². The lowest BCUT2D eigenvalue weighted by atomic mass is 10.1. The van der Waals surface area contributed by atoms with Crippen LogP contribution in [0, 0.1) is 29.1 Å². The van der Waals surface area contributed by atoms with Crippen LogP contribution in [0.3, 0.4) is 0 Å². The Morgan fingerprint density at radius 3 is 2.73 bits per heavy atom. The summed E-state index contributed by atoms with van der Waals surface area (Å²) in [4.78, 5) is 10.4. The van der Waals surface area contributed by atoms with Crippen molar-refractivity contribution in [1.29, 1.82) is 5.26 Å². The zero-order valence-corrected chi connectivity index (χ0v) is 6.29. The molecule has 0 radical (unpaired) electrons. The third kappa shape index (κ3) is 4.00. The van der Waals surface area contributed by atoms with Crippen LogP contribution in [0.5, 0.6) is 0 Å². The summed E-state index contributed by atoms with van der Waals surface area (Å²) in [6, 6.07) is 1.88. The van der Waals surface area contributed by atoms with E-state index in [9.17, 15) is 4.79 Å². The van der Waals surface area contributed by atoms with Crippen molar-refractivity contribution in [2.24, 2.45) is 5.92 Å². The lowest BCUT2D eigenvalue weighted by Gasteiger charge is -1.99. The average Bonchev–Trinajstić information content (AvgIpc) is 1.97. The molecule has 0 aliphatic carbocycles. The Morgan fingerprint density at radius 2 is 2.36 bits per heavy atom. The fraction of sp³-hybridized carbons (Fsp3) is 0.500. The Morgan fingerprint density at radius 1 is 1.73 bits per heavy atom. The van der Waals surface area contributed by atoms with Crippen LogP contribution < -0.4 is 0 Å². The van der Waals surface area contributed by atoms with Crippen molar-refractivity contribution in [3.05, 3.63) is 0 Å². The first-order chi connectivity index (χ1) is 5.22. The summed E-state index contributed by atoms with van der Waals surface area (Å²) in [5.41, 5.74) is 0. The van der Waals surface area contributed by atoms with Gasteiger partial charge in [0.25, 0.3) is 0 Å². The molecule has 3 nitrogen and oxygen atoms in total. The Labute approximate surface area is 65.6 Å². The van der Waals surface area contributed by atoms with Crippen LogP contribution in [0.2, 0.25) is 0 Å². The minimum absolute atomic E-state index is 0.242. The number of nitriles is 1. The van der Waals surface area contributed by atoms with Crippen LogP contribution in [0.1, 0.15) is 19.8 Å². The maximum absolute atomic E-state index is 10.4. The molecule has 0 aromatic rings. The molecule has 0 saturated heterocycles. The van der Waals surface area contributed by atoms with Crippen molar-refractivity contribution in [2.45, 2.75) is 19.8 Å². The van der Waals surface area contributed by atoms with Crippen molar-refractivity contribution >= 4 is 5.97 Å². The second-order valence-corrected chi connectivity index (χ2v) is 1.98. The largest absolute Gasteiger partial charge is 0.480 e. The van der Waals surface area contributed by atoms with E-state index >= 15 is 0 Å². The van der Waals surface area contributed by atoms with E-state index in [2.05, 4.69) is 11.8 Å². The van der Waals surface area contributed by atoms with Gasteiger partial charge in [-0.2, -0.15) is 5.26 Å². The monoisotopic (exact) mass is 151 g/mol. The molecule has 0 amide bonds. The highest BCUT2D eigenvalue weighted by atomic mass is 16.4. The van der Waals surface area contributed by atoms with Crippen LogP contribution in [-0.4, -0.2) is 11.1 Å². The molecular weight excluding hydrogens is 142 g/mol. The van der Waals surface area contributed by atoms with Gasteiger partial charge in [-0.05, 0) is 13.3 Å². The van der Waals surface area contributed by atoms with Gasteiger partial charge in [-0.15, -0.1) is 5.92 Å². The summed E-state index contributed by atoms with van der Waals surface area (Å²) in [5, 5.41) is 16.7. The van der Waals surface area contributed by atoms with Crippen LogP contribution in [0.4, 0.5) is 0 Å². The SMILES string of the molecule is CC#CC(CCC#N)C(=O)O. The maximum atomic E-state index is 10.4. The highest BCUT2D eigenvalue weighted by Crippen LogP contribution is 2.04. The topological polar surface area (TPSA) is 61.1 Å². The molecule has 0 aromatic heterocycles. The normalized spacial score (nSPS) is 10.5. The van der Waals surface area contributed by atoms with Gasteiger partial charge in [-0.1, -0.05) is 5.92 Å². The predicted octanol–water partition coefficient (Wildman–Crippen LogP) is 1.01. The minimum Gasteiger partial charge on any atom is -0.480 e. The number of hydrogen-bond acceptors (Lipinski definition) is 2. The van der Waals surface area contributed by atoms with Gasteiger partial charge in [0.15, 0.2) is 0 Å². The predicted molar refractivity (Wildman–Crippen MR) is 39.4 cm³/mol. The van der Waals surface area contributed by atoms with Gasteiger partial charge in [0.05, 0.1) is 6.07 Å². The third-order valence-electron chi connectivity index (χ3n) is 1.16. The van der Waals surface area contributed by atoms with Crippen molar-refractivity contribution in [1.82, 2.24) is 0 Å². The van der Waals surface area contributed by atoms with Crippen LogP contribution >= 0.6 is 0 Å². The molecule has 0 rings (SSSR count). The highest BCUT2D eigenvalue weighted by Gasteiger charge is 2.12. The van der Waals surface area contributed by atoms with Crippen molar-refractivity contribution in [3.8, 4) is 17.9 Å². The Hall–Kier alpha value is -1.48. The lowest BCUT2D eigenvalue weighted by Crippen LogP contribution is -2.10. The number of rotatable bonds is 3. The number of carbonyl (C=O) groups is 1. The van der Waals surface area contributed by atoms with Crippen LogP contribution in [0.15, 0.2) is 0 Å². The molecular formula is C8H9NO2. The molecule has 1 N–H and O–H groups in total. The summed E-state index contributed by atoms with van der Waals surface area (Å²) in [6.07, 6.45) is 0.554. The standard InChI is InChI=1S/C8H9NO2/c1-2-4-7(8(10)11)5-3-6-9/h7H,3,5H2,1H3,(H,10,11). The van der Waals surface area contributed by atoms with Crippen molar-refractivity contribution in [2.75, 3.05) is 0 Å². The van der Waals surface area contributed by atoms with E-state index in [1.165, 1.54) is 0 Å². The molecule has 0 aliphatic heterocycles. The average molecular weight is 151 g/mol. The molecule has 0 bridgehead atoms. The summed E-state index contributed by atoms with van der Waals surface area (Å²) < 4.78 is 0. The number of carboxylic acids is 1. The fourth-order valence-electron chi connectivity index (χ4n) is 0.640. The molecule has 0 heterocycles. The Balaban J connectivity index is 3.99. The molecule has 1 atom stereocenters. The summed E-state index contributed by atoms with van der Waals surface area (Å²) >= 11 is 0.